The van der Waals surface area contributed by atoms with E-state index in [2.05, 4.69) is 4.90 Å². The van der Waals surface area contributed by atoms with Crippen LogP contribution in [0.5, 0.6) is 0 Å². The van der Waals surface area contributed by atoms with Gasteiger partial charge in [0.1, 0.15) is 6.04 Å². The molecule has 2 N–H and O–H groups in total. The largest absolute Gasteiger partial charge is 0.468 e. The molecule has 1 heterocycles. The third-order valence-corrected chi connectivity index (χ3v) is 2.53. The summed E-state index contributed by atoms with van der Waals surface area (Å²) in [6.45, 7) is 2.29. The van der Waals surface area contributed by atoms with E-state index in [1.165, 1.54) is 13.5 Å². The number of likely N-dealkylation sites (tertiary alicyclic amines) is 1. The van der Waals surface area contributed by atoms with E-state index < -0.39 is 0 Å². The molecule has 0 amide bonds. The Hall–Kier alpha value is -0.610. The first-order chi connectivity index (χ1) is 6.29. The predicted octanol–water partition coefficient (Wildman–Crippen LogP) is -0.0274. The molecule has 1 saturated heterocycles. The van der Waals surface area contributed by atoms with Gasteiger partial charge in [-0.1, -0.05) is 6.42 Å². The van der Waals surface area contributed by atoms with Crippen molar-refractivity contribution < 1.29 is 9.53 Å². The first-order valence-electron chi connectivity index (χ1n) is 4.81. The molecule has 0 aromatic rings. The maximum atomic E-state index is 11.3. The van der Waals surface area contributed by atoms with Crippen LogP contribution in [0.25, 0.3) is 0 Å². The molecular formula is C9H18N2O2. The molecular weight excluding hydrogens is 168 g/mol. The summed E-state index contributed by atoms with van der Waals surface area (Å²) in [4.78, 5) is 13.4. The zero-order valence-electron chi connectivity index (χ0n) is 8.16. The van der Waals surface area contributed by atoms with Crippen molar-refractivity contribution in [2.24, 2.45) is 5.73 Å². The minimum Gasteiger partial charge on any atom is -0.468 e. The summed E-state index contributed by atoms with van der Waals surface area (Å²) < 4.78 is 4.70. The van der Waals surface area contributed by atoms with Gasteiger partial charge in [-0.15, -0.1) is 0 Å². The number of carbonyl (C=O) groups is 1. The van der Waals surface area contributed by atoms with E-state index in [1.807, 2.05) is 0 Å². The third kappa shape index (κ3) is 2.67. The van der Waals surface area contributed by atoms with Crippen molar-refractivity contribution in [2.75, 3.05) is 26.7 Å². The maximum absolute atomic E-state index is 11.3. The van der Waals surface area contributed by atoms with Crippen molar-refractivity contribution in [3.63, 3.8) is 0 Å². The van der Waals surface area contributed by atoms with Gasteiger partial charge < -0.3 is 10.5 Å². The van der Waals surface area contributed by atoms with Crippen LogP contribution in [0.15, 0.2) is 0 Å². The van der Waals surface area contributed by atoms with Crippen molar-refractivity contribution in [2.45, 2.75) is 25.3 Å². The monoisotopic (exact) mass is 186 g/mol. The molecule has 13 heavy (non-hydrogen) atoms. The molecule has 0 radical (unpaired) electrons. The van der Waals surface area contributed by atoms with Gasteiger partial charge >= 0.3 is 5.97 Å². The fourth-order valence-electron chi connectivity index (χ4n) is 1.76. The van der Waals surface area contributed by atoms with Gasteiger partial charge in [0.05, 0.1) is 7.11 Å². The highest BCUT2D eigenvalue weighted by molar-refractivity contribution is 5.75. The SMILES string of the molecule is COC(=O)[C@@H](CN)N1CCCCC1. The molecule has 4 heteroatoms. The van der Waals surface area contributed by atoms with Crippen LogP contribution in [0.2, 0.25) is 0 Å². The fraction of sp³-hybridized carbons (Fsp3) is 0.889. The van der Waals surface area contributed by atoms with Gasteiger partial charge in [-0.25, -0.2) is 0 Å². The Kier molecular flexibility index (Phi) is 4.18. The van der Waals surface area contributed by atoms with E-state index in [9.17, 15) is 4.79 Å². The first-order valence-corrected chi connectivity index (χ1v) is 4.81. The van der Waals surface area contributed by atoms with Gasteiger partial charge in [0, 0.05) is 6.54 Å². The molecule has 1 aliphatic heterocycles. The minimum absolute atomic E-state index is 0.204. The van der Waals surface area contributed by atoms with E-state index in [0.29, 0.717) is 6.54 Å². The molecule has 0 aromatic carbocycles. The molecule has 0 unspecified atom stereocenters. The Labute approximate surface area is 79.0 Å². The first kappa shape index (κ1) is 10.5. The average molecular weight is 186 g/mol. The van der Waals surface area contributed by atoms with Crippen molar-refractivity contribution in [1.82, 2.24) is 4.90 Å². The minimum atomic E-state index is -0.231. The second-order valence-electron chi connectivity index (χ2n) is 3.37. The van der Waals surface area contributed by atoms with Crippen LogP contribution in [-0.4, -0.2) is 43.7 Å². The third-order valence-electron chi connectivity index (χ3n) is 2.53. The summed E-state index contributed by atoms with van der Waals surface area (Å²) in [6, 6.07) is -0.231. The van der Waals surface area contributed by atoms with E-state index in [-0.39, 0.29) is 12.0 Å². The smallest absolute Gasteiger partial charge is 0.324 e. The summed E-state index contributed by atoms with van der Waals surface area (Å²) in [7, 11) is 1.41. The predicted molar refractivity (Wildman–Crippen MR) is 50.3 cm³/mol. The van der Waals surface area contributed by atoms with Crippen molar-refractivity contribution in [3.8, 4) is 0 Å². The average Bonchev–Trinajstić information content (AvgIpc) is 2.20. The number of carbonyl (C=O) groups excluding carboxylic acids is 1. The van der Waals surface area contributed by atoms with Crippen molar-refractivity contribution in [3.05, 3.63) is 0 Å². The highest BCUT2D eigenvalue weighted by atomic mass is 16.5. The van der Waals surface area contributed by atoms with Gasteiger partial charge in [0.2, 0.25) is 0 Å². The number of esters is 1. The fourth-order valence-corrected chi connectivity index (χ4v) is 1.76. The second kappa shape index (κ2) is 5.19. The molecule has 0 spiro atoms. The van der Waals surface area contributed by atoms with Crippen LogP contribution < -0.4 is 5.73 Å². The molecule has 0 aromatic heterocycles. The number of ether oxygens (including phenoxy) is 1. The molecule has 1 rings (SSSR count). The highest BCUT2D eigenvalue weighted by Gasteiger charge is 2.26. The van der Waals surface area contributed by atoms with Crippen LogP contribution in [-0.2, 0) is 9.53 Å². The molecule has 0 saturated carbocycles. The number of hydrogen-bond acceptors (Lipinski definition) is 4. The number of piperidine rings is 1. The molecule has 1 fully saturated rings. The van der Waals surface area contributed by atoms with Gasteiger partial charge in [-0.3, -0.25) is 9.69 Å². The molecule has 76 valence electrons. The maximum Gasteiger partial charge on any atom is 0.324 e. The second-order valence-corrected chi connectivity index (χ2v) is 3.37. The lowest BCUT2D eigenvalue weighted by molar-refractivity contribution is -0.147. The summed E-state index contributed by atoms with van der Waals surface area (Å²) in [5.74, 6) is -0.204. The van der Waals surface area contributed by atoms with E-state index >= 15 is 0 Å². The zero-order valence-corrected chi connectivity index (χ0v) is 8.16. The van der Waals surface area contributed by atoms with Crippen LogP contribution in [0.1, 0.15) is 19.3 Å². The molecule has 0 bridgehead atoms. The molecule has 1 atom stereocenters. The normalized spacial score (nSPS) is 21.1. The van der Waals surface area contributed by atoms with Crippen LogP contribution in [0.3, 0.4) is 0 Å². The Morgan fingerprint density at radius 3 is 2.54 bits per heavy atom. The Bertz CT molecular complexity index is 167. The Morgan fingerprint density at radius 1 is 1.46 bits per heavy atom. The molecule has 0 aliphatic carbocycles. The van der Waals surface area contributed by atoms with Crippen molar-refractivity contribution >= 4 is 5.97 Å². The number of rotatable bonds is 3. The number of nitrogens with two attached hydrogens (primary N) is 1. The quantitative estimate of drug-likeness (QED) is 0.629. The van der Waals surface area contributed by atoms with Crippen LogP contribution in [0.4, 0.5) is 0 Å². The lowest BCUT2D eigenvalue weighted by atomic mass is 10.1. The summed E-state index contributed by atoms with van der Waals surface area (Å²) in [5.41, 5.74) is 5.54. The summed E-state index contributed by atoms with van der Waals surface area (Å²) >= 11 is 0. The molecule has 4 nitrogen and oxygen atoms in total. The van der Waals surface area contributed by atoms with Gasteiger partial charge in [0.15, 0.2) is 0 Å². The summed E-state index contributed by atoms with van der Waals surface area (Å²) in [6.07, 6.45) is 3.58. The Morgan fingerprint density at radius 2 is 2.08 bits per heavy atom. The number of methoxy groups -OCH3 is 1. The topological polar surface area (TPSA) is 55.6 Å². The van der Waals surface area contributed by atoms with Crippen molar-refractivity contribution in [1.29, 1.82) is 0 Å². The van der Waals surface area contributed by atoms with Gasteiger partial charge in [-0.05, 0) is 25.9 Å². The Balaban J connectivity index is 2.48. The van der Waals surface area contributed by atoms with Crippen LogP contribution >= 0.6 is 0 Å². The zero-order chi connectivity index (χ0) is 9.68. The highest BCUT2D eigenvalue weighted by Crippen LogP contribution is 2.12. The van der Waals surface area contributed by atoms with Crippen LogP contribution in [0, 0.1) is 0 Å². The lowest BCUT2D eigenvalue weighted by Gasteiger charge is -2.31. The number of nitrogens with zero attached hydrogens (tertiary/aromatic N) is 1. The summed E-state index contributed by atoms with van der Waals surface area (Å²) in [5, 5.41) is 0. The number of hydrogen-bond donors (Lipinski definition) is 1. The van der Waals surface area contributed by atoms with Gasteiger partial charge in [0.25, 0.3) is 0 Å². The van der Waals surface area contributed by atoms with E-state index in [4.69, 9.17) is 10.5 Å². The standard InChI is InChI=1S/C9H18N2O2/c1-13-9(12)8(7-10)11-5-3-2-4-6-11/h8H,2-7,10H2,1H3/t8-/m1/s1. The van der Waals surface area contributed by atoms with E-state index in [1.54, 1.807) is 0 Å². The molecule has 1 aliphatic rings. The lowest BCUT2D eigenvalue weighted by Crippen LogP contribution is -2.48. The van der Waals surface area contributed by atoms with E-state index in [0.717, 1.165) is 25.9 Å². The van der Waals surface area contributed by atoms with Gasteiger partial charge in [-0.2, -0.15) is 0 Å².